The maximum Gasteiger partial charge on any atom is 0.0462 e. The third-order valence-corrected chi connectivity index (χ3v) is 15.7. The average molecular weight is 888 g/mol. The second kappa shape index (κ2) is 16.4. The second-order valence-corrected chi connectivity index (χ2v) is 19.3. The van der Waals surface area contributed by atoms with E-state index in [2.05, 4.69) is 254 Å². The fraction of sp³-hybridized carbons (Fsp3) is 0. The molecule has 13 aromatic rings. The van der Waals surface area contributed by atoms with Gasteiger partial charge in [-0.25, -0.2) is 0 Å². The second-order valence-electron chi connectivity index (χ2n) is 17.2. The van der Waals surface area contributed by atoms with E-state index in [-0.39, 0.29) is 0 Å². The summed E-state index contributed by atoms with van der Waals surface area (Å²) in [7, 11) is 0. The van der Waals surface area contributed by atoms with E-state index in [0.29, 0.717) is 0 Å². The first-order chi connectivity index (χ1) is 33.2. The van der Waals surface area contributed by atoms with E-state index < -0.39 is 0 Å². The lowest BCUT2D eigenvalue weighted by molar-refractivity contribution is 1.28. The summed E-state index contributed by atoms with van der Waals surface area (Å²) in [5.41, 5.74) is 15.5. The van der Waals surface area contributed by atoms with E-state index in [0.717, 1.165) is 17.1 Å². The molecule has 11 aromatic carbocycles. The first-order valence-electron chi connectivity index (χ1n) is 22.8. The first-order valence-corrected chi connectivity index (χ1v) is 24.5. The highest BCUT2D eigenvalue weighted by molar-refractivity contribution is 7.27. The number of thiophene rings is 2. The Hall–Kier alpha value is -8.08. The third-order valence-electron chi connectivity index (χ3n) is 13.3. The number of rotatable bonds is 8. The van der Waals surface area contributed by atoms with Crippen LogP contribution in [0.5, 0.6) is 0 Å². The van der Waals surface area contributed by atoms with Crippen LogP contribution in [0.3, 0.4) is 0 Å². The molecule has 0 bridgehead atoms. The predicted molar refractivity (Wildman–Crippen MR) is 292 cm³/mol. The highest BCUT2D eigenvalue weighted by atomic mass is 32.1. The molecule has 13 rings (SSSR count). The SMILES string of the molecule is c1ccc(-c2ccc(-c3c(-c4ccc(N(c5ccc(-c6ccccc6)cc5)c5ccc(-c6cccc7c6sc6ccccc67)cc5)cc4)c4ccccc4c4sc5ccccc5c34)cc2)cc1. The number of hydrogen-bond acceptors (Lipinski definition) is 3. The Morgan fingerprint density at radius 2 is 0.627 bits per heavy atom. The van der Waals surface area contributed by atoms with E-state index >= 15 is 0 Å². The number of anilines is 3. The lowest BCUT2D eigenvalue weighted by Crippen LogP contribution is -2.09. The van der Waals surface area contributed by atoms with Crippen LogP contribution >= 0.6 is 22.7 Å². The van der Waals surface area contributed by atoms with Gasteiger partial charge in [-0.2, -0.15) is 0 Å². The van der Waals surface area contributed by atoms with Crippen LogP contribution in [-0.4, -0.2) is 0 Å². The van der Waals surface area contributed by atoms with Gasteiger partial charge in [-0.1, -0.05) is 200 Å². The van der Waals surface area contributed by atoms with Crippen molar-refractivity contribution in [1.82, 2.24) is 0 Å². The van der Waals surface area contributed by atoms with Gasteiger partial charge in [-0.15, -0.1) is 22.7 Å². The van der Waals surface area contributed by atoms with Crippen molar-refractivity contribution in [2.45, 2.75) is 0 Å². The van der Waals surface area contributed by atoms with Gasteiger partial charge in [0.1, 0.15) is 0 Å². The van der Waals surface area contributed by atoms with Gasteiger partial charge in [-0.05, 0) is 110 Å². The minimum atomic E-state index is 1.09. The van der Waals surface area contributed by atoms with E-state index in [1.165, 1.54) is 107 Å². The molecular formula is C64H41NS2. The van der Waals surface area contributed by atoms with Crippen LogP contribution in [0, 0.1) is 0 Å². The smallest absolute Gasteiger partial charge is 0.0462 e. The molecule has 0 saturated carbocycles. The van der Waals surface area contributed by atoms with Crippen molar-refractivity contribution in [3.8, 4) is 55.6 Å². The fourth-order valence-electron chi connectivity index (χ4n) is 10.1. The van der Waals surface area contributed by atoms with E-state index in [1.807, 2.05) is 22.7 Å². The molecule has 3 heteroatoms. The van der Waals surface area contributed by atoms with E-state index in [1.54, 1.807) is 0 Å². The molecule has 0 fully saturated rings. The Kier molecular flexibility index (Phi) is 9.63. The highest BCUT2D eigenvalue weighted by Crippen LogP contribution is 2.51. The molecule has 0 spiro atoms. The molecule has 0 aliphatic rings. The van der Waals surface area contributed by atoms with Gasteiger partial charge in [0.15, 0.2) is 0 Å². The summed E-state index contributed by atoms with van der Waals surface area (Å²) >= 11 is 3.78. The number of fused-ring (bicyclic) bond motifs is 8. The Morgan fingerprint density at radius 3 is 1.24 bits per heavy atom. The standard InChI is InChI=1S/C64H41NS2/c1-3-14-42(15-4-1)44-26-28-48(29-27-44)61-60(54-19-7-8-20-56(54)64-62(61)57-21-10-12-25-59(57)67-64)47-34-40-51(41-35-47)65(49-36-30-45(31-37-49)43-16-5-2-6-17-43)50-38-32-46(33-39-50)52-22-13-23-55-53-18-9-11-24-58(53)66-63(52)55/h1-41H. The van der Waals surface area contributed by atoms with Gasteiger partial charge in [0.2, 0.25) is 0 Å². The van der Waals surface area contributed by atoms with Crippen molar-refractivity contribution < 1.29 is 0 Å². The van der Waals surface area contributed by atoms with Gasteiger partial charge >= 0.3 is 0 Å². The summed E-state index contributed by atoms with van der Waals surface area (Å²) in [4.78, 5) is 2.39. The minimum Gasteiger partial charge on any atom is -0.311 e. The van der Waals surface area contributed by atoms with Gasteiger partial charge in [0.05, 0.1) is 0 Å². The summed E-state index contributed by atoms with van der Waals surface area (Å²) in [6, 6.07) is 91.2. The molecule has 0 atom stereocenters. The molecule has 0 amide bonds. The van der Waals surface area contributed by atoms with E-state index in [4.69, 9.17) is 0 Å². The Morgan fingerprint density at radius 1 is 0.239 bits per heavy atom. The molecule has 314 valence electrons. The summed E-state index contributed by atoms with van der Waals surface area (Å²) in [6.07, 6.45) is 0. The summed E-state index contributed by atoms with van der Waals surface area (Å²) in [5, 5.41) is 7.79. The maximum atomic E-state index is 2.39. The predicted octanol–water partition coefficient (Wildman–Crippen LogP) is 19.4. The van der Waals surface area contributed by atoms with Crippen LogP contribution in [0.15, 0.2) is 249 Å². The average Bonchev–Trinajstić information content (AvgIpc) is 3.99. The maximum absolute atomic E-state index is 2.39. The molecule has 0 unspecified atom stereocenters. The minimum absolute atomic E-state index is 1.09. The number of benzene rings is 11. The molecule has 0 N–H and O–H groups in total. The van der Waals surface area contributed by atoms with Crippen molar-refractivity contribution in [2.24, 2.45) is 0 Å². The topological polar surface area (TPSA) is 3.24 Å². The third kappa shape index (κ3) is 6.82. The summed E-state index contributed by atoms with van der Waals surface area (Å²) < 4.78 is 5.28. The van der Waals surface area contributed by atoms with Crippen molar-refractivity contribution in [1.29, 1.82) is 0 Å². The van der Waals surface area contributed by atoms with Crippen LogP contribution in [-0.2, 0) is 0 Å². The Labute approximate surface area is 397 Å². The van der Waals surface area contributed by atoms with Crippen LogP contribution < -0.4 is 4.90 Å². The summed E-state index contributed by atoms with van der Waals surface area (Å²) in [5.74, 6) is 0. The molecule has 0 radical (unpaired) electrons. The van der Waals surface area contributed by atoms with Crippen LogP contribution in [0.25, 0.3) is 107 Å². The quantitative estimate of drug-likeness (QED) is 0.147. The van der Waals surface area contributed by atoms with Crippen molar-refractivity contribution in [3.05, 3.63) is 249 Å². The molecule has 0 aliphatic carbocycles. The molecule has 67 heavy (non-hydrogen) atoms. The molecule has 1 nitrogen and oxygen atoms in total. The summed E-state index contributed by atoms with van der Waals surface area (Å²) in [6.45, 7) is 0. The molecule has 2 heterocycles. The number of nitrogens with zero attached hydrogens (tertiary/aromatic N) is 1. The van der Waals surface area contributed by atoms with Gasteiger partial charge in [0.25, 0.3) is 0 Å². The zero-order valence-corrected chi connectivity index (χ0v) is 38.1. The van der Waals surface area contributed by atoms with Crippen LogP contribution in [0.1, 0.15) is 0 Å². The van der Waals surface area contributed by atoms with Crippen molar-refractivity contribution in [2.75, 3.05) is 4.90 Å². The molecular weight excluding hydrogens is 847 g/mol. The van der Waals surface area contributed by atoms with Crippen LogP contribution in [0.2, 0.25) is 0 Å². The molecule has 2 aromatic heterocycles. The number of hydrogen-bond donors (Lipinski definition) is 0. The van der Waals surface area contributed by atoms with E-state index in [9.17, 15) is 0 Å². The zero-order chi connectivity index (χ0) is 44.3. The van der Waals surface area contributed by atoms with Gasteiger partial charge in [-0.3, -0.25) is 0 Å². The largest absolute Gasteiger partial charge is 0.311 e. The zero-order valence-electron chi connectivity index (χ0n) is 36.4. The van der Waals surface area contributed by atoms with Gasteiger partial charge in [0, 0.05) is 62.8 Å². The molecule has 0 aliphatic heterocycles. The fourth-order valence-corrected chi connectivity index (χ4v) is 12.6. The van der Waals surface area contributed by atoms with Gasteiger partial charge < -0.3 is 4.90 Å². The first kappa shape index (κ1) is 39.3. The highest BCUT2D eigenvalue weighted by Gasteiger charge is 2.22. The van der Waals surface area contributed by atoms with Crippen molar-refractivity contribution in [3.63, 3.8) is 0 Å². The lowest BCUT2D eigenvalue weighted by Gasteiger charge is -2.26. The van der Waals surface area contributed by atoms with Crippen LogP contribution in [0.4, 0.5) is 17.1 Å². The van der Waals surface area contributed by atoms with Crippen molar-refractivity contribution >= 4 is 90.9 Å². The monoisotopic (exact) mass is 887 g/mol. The Bertz CT molecular complexity index is 3920. The Balaban J connectivity index is 0.963. The normalized spacial score (nSPS) is 11.6. The molecule has 0 saturated heterocycles. The lowest BCUT2D eigenvalue weighted by atomic mass is 9.86.